The number of hydrogen-bond acceptors (Lipinski definition) is 4. The first-order chi connectivity index (χ1) is 16.2. The van der Waals surface area contributed by atoms with Crippen molar-refractivity contribution in [2.24, 2.45) is 0 Å². The van der Waals surface area contributed by atoms with Gasteiger partial charge in [0.1, 0.15) is 11.9 Å². The van der Waals surface area contributed by atoms with Gasteiger partial charge in [0.15, 0.2) is 0 Å². The van der Waals surface area contributed by atoms with E-state index in [4.69, 9.17) is 10.00 Å². The van der Waals surface area contributed by atoms with E-state index in [-0.39, 0.29) is 12.0 Å². The smallest absolute Gasteiger partial charge is 0.253 e. The number of amides is 1. The van der Waals surface area contributed by atoms with E-state index in [0.29, 0.717) is 24.2 Å². The number of carbonyl (C=O) groups excluding carboxylic acids is 1. The third kappa shape index (κ3) is 5.07. The minimum absolute atomic E-state index is 0.0368. The molecule has 0 atom stereocenters. The van der Waals surface area contributed by atoms with Gasteiger partial charge in [-0.15, -0.1) is 0 Å². The maximum atomic E-state index is 12.8. The maximum Gasteiger partial charge on any atom is 0.253 e. The number of piperidine rings is 1. The van der Waals surface area contributed by atoms with Gasteiger partial charge in [-0.1, -0.05) is 18.9 Å². The van der Waals surface area contributed by atoms with Crippen molar-refractivity contribution in [2.75, 3.05) is 26.2 Å². The molecule has 0 aromatic heterocycles. The standard InChI is InChI=1S/C28H33N3O2/c29-20-21-5-7-23(8-6-21)28(32)31-17-13-26(14-18-31)33-27-10-9-22-11-15-30(16-12-24(22)19-27)25-3-1-2-4-25/h5-10,19,25-26H,1-4,11-18H2. The highest BCUT2D eigenvalue weighted by molar-refractivity contribution is 5.94. The quantitative estimate of drug-likeness (QED) is 0.694. The van der Waals surface area contributed by atoms with Crippen LogP contribution in [-0.4, -0.2) is 54.0 Å². The van der Waals surface area contributed by atoms with Crippen LogP contribution in [0.1, 0.15) is 65.6 Å². The molecule has 1 saturated heterocycles. The van der Waals surface area contributed by atoms with Crippen LogP contribution in [0.3, 0.4) is 0 Å². The zero-order valence-electron chi connectivity index (χ0n) is 19.3. The zero-order valence-corrected chi connectivity index (χ0v) is 19.3. The van der Waals surface area contributed by atoms with Crippen molar-refractivity contribution in [2.45, 2.75) is 63.5 Å². The monoisotopic (exact) mass is 443 g/mol. The number of rotatable bonds is 4. The Hall–Kier alpha value is -2.84. The van der Waals surface area contributed by atoms with E-state index >= 15 is 0 Å². The summed E-state index contributed by atoms with van der Waals surface area (Å²) in [5.74, 6) is 1.01. The first kappa shape index (κ1) is 22.0. The molecule has 1 aliphatic carbocycles. The first-order valence-corrected chi connectivity index (χ1v) is 12.5. The van der Waals surface area contributed by atoms with Gasteiger partial charge in [-0.05, 0) is 73.2 Å². The SMILES string of the molecule is N#Cc1ccc(C(=O)N2CCC(Oc3ccc4c(c3)CCN(C3CCCC3)CC4)CC2)cc1. The van der Waals surface area contributed by atoms with Gasteiger partial charge in [0, 0.05) is 50.6 Å². The van der Waals surface area contributed by atoms with E-state index in [9.17, 15) is 4.79 Å². The van der Waals surface area contributed by atoms with Crippen LogP contribution in [-0.2, 0) is 12.8 Å². The minimum Gasteiger partial charge on any atom is -0.490 e. The lowest BCUT2D eigenvalue weighted by atomic mass is 10.0. The van der Waals surface area contributed by atoms with Crippen LogP contribution in [0.25, 0.3) is 0 Å². The van der Waals surface area contributed by atoms with Crippen molar-refractivity contribution in [3.05, 3.63) is 64.7 Å². The predicted molar refractivity (Wildman–Crippen MR) is 128 cm³/mol. The first-order valence-electron chi connectivity index (χ1n) is 12.5. The fourth-order valence-corrected chi connectivity index (χ4v) is 5.67. The normalized spacial score (nSPS) is 20.2. The molecular formula is C28H33N3O2. The van der Waals surface area contributed by atoms with Crippen LogP contribution in [0.4, 0.5) is 0 Å². The molecule has 0 radical (unpaired) electrons. The number of likely N-dealkylation sites (tertiary alicyclic amines) is 1. The molecule has 2 aromatic carbocycles. The van der Waals surface area contributed by atoms with E-state index in [1.54, 1.807) is 24.3 Å². The predicted octanol–water partition coefficient (Wildman–Crippen LogP) is 4.59. The lowest BCUT2D eigenvalue weighted by molar-refractivity contribution is 0.0595. The van der Waals surface area contributed by atoms with Crippen LogP contribution in [0.15, 0.2) is 42.5 Å². The Kier molecular flexibility index (Phi) is 6.64. The Balaban J connectivity index is 1.15. The van der Waals surface area contributed by atoms with Crippen molar-refractivity contribution >= 4 is 5.91 Å². The molecule has 3 aliphatic rings. The molecule has 5 heteroatoms. The second kappa shape index (κ2) is 9.97. The van der Waals surface area contributed by atoms with E-state index in [1.807, 2.05) is 4.90 Å². The van der Waals surface area contributed by atoms with E-state index in [0.717, 1.165) is 44.0 Å². The summed E-state index contributed by atoms with van der Waals surface area (Å²) in [5, 5.41) is 8.94. The van der Waals surface area contributed by atoms with Crippen LogP contribution in [0, 0.1) is 11.3 Å². The summed E-state index contributed by atoms with van der Waals surface area (Å²) in [6, 6.07) is 16.5. The fraction of sp³-hybridized carbons (Fsp3) is 0.500. The lowest BCUT2D eigenvalue weighted by Gasteiger charge is -2.32. The number of hydrogen-bond donors (Lipinski definition) is 0. The largest absolute Gasteiger partial charge is 0.490 e. The zero-order chi connectivity index (χ0) is 22.6. The van der Waals surface area contributed by atoms with Gasteiger partial charge in [-0.2, -0.15) is 5.26 Å². The van der Waals surface area contributed by atoms with E-state index in [2.05, 4.69) is 29.2 Å². The molecule has 2 aromatic rings. The van der Waals surface area contributed by atoms with Gasteiger partial charge < -0.3 is 9.64 Å². The molecule has 0 bridgehead atoms. The molecule has 2 fully saturated rings. The van der Waals surface area contributed by atoms with Crippen LogP contribution in [0.2, 0.25) is 0 Å². The minimum atomic E-state index is 0.0368. The molecule has 0 spiro atoms. The Morgan fingerprint density at radius 1 is 0.879 bits per heavy atom. The average Bonchev–Trinajstić information content (AvgIpc) is 3.32. The molecular weight excluding hydrogens is 410 g/mol. The number of fused-ring (bicyclic) bond motifs is 1. The Bertz CT molecular complexity index is 1010. The van der Waals surface area contributed by atoms with Gasteiger partial charge in [0.25, 0.3) is 5.91 Å². The van der Waals surface area contributed by atoms with Gasteiger partial charge >= 0.3 is 0 Å². The molecule has 0 N–H and O–H groups in total. The molecule has 172 valence electrons. The molecule has 5 nitrogen and oxygen atoms in total. The summed E-state index contributed by atoms with van der Waals surface area (Å²) in [7, 11) is 0. The summed E-state index contributed by atoms with van der Waals surface area (Å²) in [4.78, 5) is 17.4. The second-order valence-electron chi connectivity index (χ2n) is 9.70. The van der Waals surface area contributed by atoms with Gasteiger partial charge in [-0.25, -0.2) is 0 Å². The number of nitriles is 1. The van der Waals surface area contributed by atoms with E-state index < -0.39 is 0 Å². The third-order valence-electron chi connectivity index (χ3n) is 7.65. The van der Waals surface area contributed by atoms with Crippen LogP contribution >= 0.6 is 0 Å². The summed E-state index contributed by atoms with van der Waals surface area (Å²) in [6.07, 6.45) is 9.61. The summed E-state index contributed by atoms with van der Waals surface area (Å²) in [6.45, 7) is 3.75. The van der Waals surface area contributed by atoms with Crippen molar-refractivity contribution < 1.29 is 9.53 Å². The number of benzene rings is 2. The summed E-state index contributed by atoms with van der Waals surface area (Å²) < 4.78 is 6.37. The number of ether oxygens (including phenoxy) is 1. The fourth-order valence-electron chi connectivity index (χ4n) is 5.67. The van der Waals surface area contributed by atoms with Gasteiger partial charge in [0.05, 0.1) is 11.6 Å². The van der Waals surface area contributed by atoms with Crippen molar-refractivity contribution in [1.29, 1.82) is 5.26 Å². The van der Waals surface area contributed by atoms with Crippen LogP contribution in [0.5, 0.6) is 5.75 Å². The topological polar surface area (TPSA) is 56.6 Å². The van der Waals surface area contributed by atoms with Crippen molar-refractivity contribution in [1.82, 2.24) is 9.80 Å². The molecule has 1 amide bonds. The van der Waals surface area contributed by atoms with Crippen molar-refractivity contribution in [3.63, 3.8) is 0 Å². The Morgan fingerprint density at radius 3 is 2.27 bits per heavy atom. The highest BCUT2D eigenvalue weighted by atomic mass is 16.5. The Morgan fingerprint density at radius 2 is 1.58 bits per heavy atom. The highest BCUT2D eigenvalue weighted by Crippen LogP contribution is 2.29. The maximum absolute atomic E-state index is 12.8. The molecule has 1 saturated carbocycles. The van der Waals surface area contributed by atoms with Crippen LogP contribution < -0.4 is 4.74 Å². The lowest BCUT2D eigenvalue weighted by Crippen LogP contribution is -2.41. The molecule has 2 heterocycles. The Labute approximate surface area is 196 Å². The molecule has 5 rings (SSSR count). The third-order valence-corrected chi connectivity index (χ3v) is 7.65. The number of carbonyl (C=O) groups is 1. The number of nitrogens with zero attached hydrogens (tertiary/aromatic N) is 3. The summed E-state index contributed by atoms with van der Waals surface area (Å²) in [5.41, 5.74) is 4.14. The van der Waals surface area contributed by atoms with Crippen molar-refractivity contribution in [3.8, 4) is 11.8 Å². The molecule has 33 heavy (non-hydrogen) atoms. The highest BCUT2D eigenvalue weighted by Gasteiger charge is 2.26. The van der Waals surface area contributed by atoms with Gasteiger partial charge in [-0.3, -0.25) is 9.69 Å². The molecule has 0 unspecified atom stereocenters. The average molecular weight is 444 g/mol. The second-order valence-corrected chi connectivity index (χ2v) is 9.70. The van der Waals surface area contributed by atoms with E-state index in [1.165, 1.54) is 43.4 Å². The summed E-state index contributed by atoms with van der Waals surface area (Å²) >= 11 is 0. The molecule has 2 aliphatic heterocycles. The van der Waals surface area contributed by atoms with Gasteiger partial charge in [0.2, 0.25) is 0 Å².